The zero-order valence-corrected chi connectivity index (χ0v) is 9.90. The van der Waals surface area contributed by atoms with Gasteiger partial charge in [0.15, 0.2) is 0 Å². The number of ether oxygens (including phenoxy) is 1. The van der Waals surface area contributed by atoms with Gasteiger partial charge in [0.05, 0.1) is 6.54 Å². The van der Waals surface area contributed by atoms with Crippen molar-refractivity contribution in [3.8, 4) is 0 Å². The molecule has 0 aromatic carbocycles. The van der Waals surface area contributed by atoms with E-state index >= 15 is 0 Å². The minimum absolute atomic E-state index is 0.0547. The second-order valence-electron chi connectivity index (χ2n) is 4.25. The molecule has 0 saturated heterocycles. The largest absolute Gasteiger partial charge is 0.373 e. The van der Waals surface area contributed by atoms with Crippen LogP contribution in [0.5, 0.6) is 0 Å². The maximum atomic E-state index is 5.25. The summed E-state index contributed by atoms with van der Waals surface area (Å²) in [5.41, 5.74) is 0. The van der Waals surface area contributed by atoms with Gasteiger partial charge in [-0.05, 0) is 31.7 Å². The van der Waals surface area contributed by atoms with Gasteiger partial charge in [0.25, 0.3) is 0 Å². The highest BCUT2D eigenvalue weighted by Gasteiger charge is 2.21. The first-order chi connectivity index (χ1) is 7.83. The minimum Gasteiger partial charge on any atom is -0.373 e. The van der Waals surface area contributed by atoms with E-state index in [1.165, 1.54) is 12.8 Å². The molecule has 1 aliphatic rings. The number of hydrogen-bond acceptors (Lipinski definition) is 5. The Hall–Kier alpha value is -0.940. The Labute approximate surface area is 95.6 Å². The SMILES string of the molecule is CCC(OC)c1noc(CNCC2CC2)n1. The summed E-state index contributed by atoms with van der Waals surface area (Å²) in [6, 6.07) is 0. The van der Waals surface area contributed by atoms with E-state index in [-0.39, 0.29) is 6.10 Å². The summed E-state index contributed by atoms with van der Waals surface area (Å²) in [7, 11) is 1.66. The van der Waals surface area contributed by atoms with E-state index in [0.717, 1.165) is 18.9 Å². The molecule has 16 heavy (non-hydrogen) atoms. The predicted octanol–water partition coefficient (Wildman–Crippen LogP) is 1.67. The fourth-order valence-electron chi connectivity index (χ4n) is 1.63. The van der Waals surface area contributed by atoms with Crippen LogP contribution in [0, 0.1) is 5.92 Å². The third-order valence-corrected chi connectivity index (χ3v) is 2.83. The Morgan fingerprint density at radius 2 is 2.38 bits per heavy atom. The molecule has 2 rings (SSSR count). The number of aromatic nitrogens is 2. The zero-order valence-electron chi connectivity index (χ0n) is 9.90. The van der Waals surface area contributed by atoms with Gasteiger partial charge < -0.3 is 14.6 Å². The van der Waals surface area contributed by atoms with Crippen LogP contribution in [0.3, 0.4) is 0 Å². The molecular formula is C11H19N3O2. The highest BCUT2D eigenvalue weighted by atomic mass is 16.5. The lowest BCUT2D eigenvalue weighted by Gasteiger charge is -2.06. The van der Waals surface area contributed by atoms with Gasteiger partial charge >= 0.3 is 0 Å². The number of methoxy groups -OCH3 is 1. The van der Waals surface area contributed by atoms with Crippen molar-refractivity contribution in [3.05, 3.63) is 11.7 Å². The van der Waals surface area contributed by atoms with Crippen molar-refractivity contribution in [3.63, 3.8) is 0 Å². The number of nitrogens with one attached hydrogen (secondary N) is 1. The standard InChI is InChI=1S/C11H19N3O2/c1-3-9(15-2)11-13-10(16-14-11)7-12-6-8-4-5-8/h8-9,12H,3-7H2,1-2H3. The fourth-order valence-corrected chi connectivity index (χ4v) is 1.63. The molecule has 0 amide bonds. The first kappa shape index (κ1) is 11.5. The van der Waals surface area contributed by atoms with Crippen LogP contribution < -0.4 is 5.32 Å². The Bertz CT molecular complexity index is 319. The van der Waals surface area contributed by atoms with E-state index in [1.54, 1.807) is 7.11 Å². The Balaban J connectivity index is 1.80. The molecule has 0 radical (unpaired) electrons. The van der Waals surface area contributed by atoms with Gasteiger partial charge in [-0.3, -0.25) is 0 Å². The van der Waals surface area contributed by atoms with Gasteiger partial charge in [0.2, 0.25) is 11.7 Å². The predicted molar refractivity (Wildman–Crippen MR) is 58.8 cm³/mol. The molecule has 1 fully saturated rings. The highest BCUT2D eigenvalue weighted by molar-refractivity contribution is 4.91. The molecular weight excluding hydrogens is 206 g/mol. The summed E-state index contributed by atoms with van der Waals surface area (Å²) in [4.78, 5) is 4.30. The third kappa shape index (κ3) is 3.02. The molecule has 1 aliphatic carbocycles. The van der Waals surface area contributed by atoms with Gasteiger partial charge in [0.1, 0.15) is 6.10 Å². The van der Waals surface area contributed by atoms with Crippen molar-refractivity contribution >= 4 is 0 Å². The molecule has 0 bridgehead atoms. The first-order valence-electron chi connectivity index (χ1n) is 5.89. The Morgan fingerprint density at radius 3 is 3.00 bits per heavy atom. The van der Waals surface area contributed by atoms with Gasteiger partial charge in [-0.1, -0.05) is 12.1 Å². The topological polar surface area (TPSA) is 60.2 Å². The molecule has 5 nitrogen and oxygen atoms in total. The third-order valence-electron chi connectivity index (χ3n) is 2.83. The van der Waals surface area contributed by atoms with Crippen LogP contribution in [0.4, 0.5) is 0 Å². The van der Waals surface area contributed by atoms with Crippen molar-refractivity contribution in [2.45, 2.75) is 38.8 Å². The maximum Gasteiger partial charge on any atom is 0.240 e. The maximum absolute atomic E-state index is 5.25. The van der Waals surface area contributed by atoms with E-state index in [2.05, 4.69) is 15.5 Å². The van der Waals surface area contributed by atoms with Gasteiger partial charge in [-0.2, -0.15) is 4.98 Å². The molecule has 1 unspecified atom stereocenters. The molecule has 1 saturated carbocycles. The van der Waals surface area contributed by atoms with Crippen LogP contribution in [-0.4, -0.2) is 23.8 Å². The average molecular weight is 225 g/mol. The van der Waals surface area contributed by atoms with Crippen LogP contribution in [0.15, 0.2) is 4.52 Å². The van der Waals surface area contributed by atoms with Crippen molar-refractivity contribution in [1.82, 2.24) is 15.5 Å². The number of hydrogen-bond donors (Lipinski definition) is 1. The summed E-state index contributed by atoms with van der Waals surface area (Å²) in [5, 5.41) is 7.24. The molecule has 1 N–H and O–H groups in total. The van der Waals surface area contributed by atoms with Gasteiger partial charge in [0, 0.05) is 7.11 Å². The average Bonchev–Trinajstić information content (AvgIpc) is 3.00. The Kier molecular flexibility index (Phi) is 3.90. The minimum atomic E-state index is -0.0547. The van der Waals surface area contributed by atoms with Crippen molar-refractivity contribution in [2.75, 3.05) is 13.7 Å². The summed E-state index contributed by atoms with van der Waals surface area (Å²) >= 11 is 0. The van der Waals surface area contributed by atoms with Crippen LogP contribution >= 0.6 is 0 Å². The van der Waals surface area contributed by atoms with Crippen LogP contribution in [0.1, 0.15) is 44.0 Å². The lowest BCUT2D eigenvalue weighted by atomic mass is 10.3. The van der Waals surface area contributed by atoms with Gasteiger partial charge in [-0.15, -0.1) is 0 Å². The van der Waals surface area contributed by atoms with E-state index in [1.807, 2.05) is 6.92 Å². The smallest absolute Gasteiger partial charge is 0.240 e. The molecule has 0 aliphatic heterocycles. The van der Waals surface area contributed by atoms with Crippen LogP contribution in [0.25, 0.3) is 0 Å². The highest BCUT2D eigenvalue weighted by Crippen LogP contribution is 2.27. The molecule has 90 valence electrons. The van der Waals surface area contributed by atoms with E-state index in [9.17, 15) is 0 Å². The normalized spacial score (nSPS) is 17.6. The molecule has 0 spiro atoms. The van der Waals surface area contributed by atoms with Gasteiger partial charge in [-0.25, -0.2) is 0 Å². The Morgan fingerprint density at radius 1 is 1.56 bits per heavy atom. The monoisotopic (exact) mass is 225 g/mol. The summed E-state index contributed by atoms with van der Waals surface area (Å²) in [6.07, 6.45) is 3.50. The second kappa shape index (κ2) is 5.41. The van der Waals surface area contributed by atoms with E-state index in [0.29, 0.717) is 18.3 Å². The zero-order chi connectivity index (χ0) is 11.4. The number of nitrogens with zero attached hydrogens (tertiary/aromatic N) is 2. The van der Waals surface area contributed by atoms with E-state index in [4.69, 9.17) is 9.26 Å². The molecule has 1 heterocycles. The summed E-state index contributed by atoms with van der Waals surface area (Å²) in [6.45, 7) is 3.75. The van der Waals surface area contributed by atoms with Crippen molar-refractivity contribution < 1.29 is 9.26 Å². The summed E-state index contributed by atoms with van der Waals surface area (Å²) < 4.78 is 10.4. The molecule has 5 heteroatoms. The summed E-state index contributed by atoms with van der Waals surface area (Å²) in [5.74, 6) is 2.16. The quantitative estimate of drug-likeness (QED) is 0.764. The molecule has 1 aromatic rings. The van der Waals surface area contributed by atoms with E-state index < -0.39 is 0 Å². The van der Waals surface area contributed by atoms with Crippen LogP contribution in [0.2, 0.25) is 0 Å². The number of rotatable bonds is 7. The molecule has 1 atom stereocenters. The lowest BCUT2D eigenvalue weighted by molar-refractivity contribution is 0.0903. The fraction of sp³-hybridized carbons (Fsp3) is 0.818. The first-order valence-corrected chi connectivity index (χ1v) is 5.89. The van der Waals surface area contributed by atoms with Crippen molar-refractivity contribution in [1.29, 1.82) is 0 Å². The van der Waals surface area contributed by atoms with Crippen LogP contribution in [-0.2, 0) is 11.3 Å². The second-order valence-corrected chi connectivity index (χ2v) is 4.25. The molecule has 1 aromatic heterocycles. The van der Waals surface area contributed by atoms with Crippen molar-refractivity contribution in [2.24, 2.45) is 5.92 Å². The lowest BCUT2D eigenvalue weighted by Crippen LogP contribution is -2.16.